The normalized spacial score (nSPS) is 11.8. The van der Waals surface area contributed by atoms with Crippen molar-refractivity contribution in [2.24, 2.45) is 4.99 Å². The molecule has 0 radical (unpaired) electrons. The summed E-state index contributed by atoms with van der Waals surface area (Å²) in [6.07, 6.45) is 2.10. The average Bonchev–Trinajstić information content (AvgIpc) is 3.06. The zero-order chi connectivity index (χ0) is 17.4. The van der Waals surface area contributed by atoms with Gasteiger partial charge in [0.1, 0.15) is 5.82 Å². The minimum Gasteiger partial charge on any atom is -0.359 e. The van der Waals surface area contributed by atoms with Crippen LogP contribution in [0, 0.1) is 5.82 Å². The molecule has 2 rings (SSSR count). The van der Waals surface area contributed by atoms with E-state index in [0.29, 0.717) is 25.0 Å². The molecular weight excluding hydrogens is 307 g/mol. The molecule has 1 heterocycles. The summed E-state index contributed by atoms with van der Waals surface area (Å²) in [4.78, 5) is 4.17. The van der Waals surface area contributed by atoms with Gasteiger partial charge >= 0.3 is 0 Å². The number of halogens is 1. The largest absolute Gasteiger partial charge is 0.359 e. The van der Waals surface area contributed by atoms with Gasteiger partial charge in [-0.15, -0.1) is 0 Å². The Balaban J connectivity index is 1.84. The Kier molecular flexibility index (Phi) is 6.78. The Bertz CT molecular complexity index is 647. The van der Waals surface area contributed by atoms with Crippen LogP contribution in [0.1, 0.15) is 49.6 Å². The predicted molar refractivity (Wildman–Crippen MR) is 93.3 cm³/mol. The van der Waals surface area contributed by atoms with E-state index in [2.05, 4.69) is 34.6 Å². The fourth-order valence-corrected chi connectivity index (χ4v) is 2.49. The maximum absolute atomic E-state index is 12.9. The second-order valence-corrected chi connectivity index (χ2v) is 5.64. The van der Waals surface area contributed by atoms with E-state index >= 15 is 0 Å². The zero-order valence-electron chi connectivity index (χ0n) is 14.5. The first-order chi connectivity index (χ1) is 11.7. The molecule has 0 amide bonds. The second-order valence-electron chi connectivity index (χ2n) is 5.64. The minimum absolute atomic E-state index is 0.236. The highest BCUT2D eigenvalue weighted by molar-refractivity contribution is 5.79. The van der Waals surface area contributed by atoms with E-state index in [-0.39, 0.29) is 5.82 Å². The van der Waals surface area contributed by atoms with Gasteiger partial charge in [0.15, 0.2) is 11.7 Å². The SMILES string of the molecule is CCC(CC)c1cc(CNC(=NC)NCc2ccc(F)cc2)on1. The van der Waals surface area contributed by atoms with E-state index in [1.165, 1.54) is 12.1 Å². The number of nitrogens with zero attached hydrogens (tertiary/aromatic N) is 2. The molecule has 1 aromatic carbocycles. The quantitative estimate of drug-likeness (QED) is 0.601. The first-order valence-electron chi connectivity index (χ1n) is 8.30. The van der Waals surface area contributed by atoms with Crippen molar-refractivity contribution >= 4 is 5.96 Å². The highest BCUT2D eigenvalue weighted by Gasteiger charge is 2.13. The van der Waals surface area contributed by atoms with Gasteiger partial charge in [0.05, 0.1) is 12.2 Å². The third kappa shape index (κ3) is 5.08. The monoisotopic (exact) mass is 332 g/mol. The van der Waals surface area contributed by atoms with Crippen LogP contribution < -0.4 is 10.6 Å². The molecule has 2 aromatic rings. The Morgan fingerprint density at radius 3 is 2.46 bits per heavy atom. The van der Waals surface area contributed by atoms with E-state index in [1.54, 1.807) is 19.2 Å². The molecule has 6 heteroatoms. The first-order valence-corrected chi connectivity index (χ1v) is 8.30. The average molecular weight is 332 g/mol. The lowest BCUT2D eigenvalue weighted by Gasteiger charge is -2.10. The maximum atomic E-state index is 12.9. The molecule has 2 N–H and O–H groups in total. The molecule has 0 saturated carbocycles. The summed E-state index contributed by atoms with van der Waals surface area (Å²) in [5.41, 5.74) is 1.99. The van der Waals surface area contributed by atoms with Crippen molar-refractivity contribution in [3.8, 4) is 0 Å². The summed E-state index contributed by atoms with van der Waals surface area (Å²) >= 11 is 0. The highest BCUT2D eigenvalue weighted by Crippen LogP contribution is 2.22. The minimum atomic E-state index is -0.236. The summed E-state index contributed by atoms with van der Waals surface area (Å²) in [5.74, 6) is 1.64. The van der Waals surface area contributed by atoms with Crippen LogP contribution in [0.2, 0.25) is 0 Å². The summed E-state index contributed by atoms with van der Waals surface area (Å²) < 4.78 is 18.3. The predicted octanol–water partition coefficient (Wildman–Crippen LogP) is 3.58. The molecule has 0 aliphatic carbocycles. The number of benzene rings is 1. The standard InChI is InChI=1S/C18H25FN4O/c1-4-14(5-2)17-10-16(24-23-17)12-22-18(20-3)21-11-13-6-8-15(19)9-7-13/h6-10,14H,4-5,11-12H2,1-3H3,(H2,20,21,22). The third-order valence-corrected chi connectivity index (χ3v) is 4.01. The number of rotatable bonds is 7. The second kappa shape index (κ2) is 9.05. The Hall–Kier alpha value is -2.37. The number of guanidine groups is 1. The van der Waals surface area contributed by atoms with Gasteiger partial charge in [-0.2, -0.15) is 0 Å². The summed E-state index contributed by atoms with van der Waals surface area (Å²) in [6.45, 7) is 5.38. The van der Waals surface area contributed by atoms with E-state index in [9.17, 15) is 4.39 Å². The Morgan fingerprint density at radius 1 is 1.17 bits per heavy atom. The zero-order valence-corrected chi connectivity index (χ0v) is 14.5. The van der Waals surface area contributed by atoms with E-state index < -0.39 is 0 Å². The molecule has 0 bridgehead atoms. The van der Waals surface area contributed by atoms with Crippen molar-refractivity contribution in [2.45, 2.75) is 45.7 Å². The number of nitrogens with one attached hydrogen (secondary N) is 2. The van der Waals surface area contributed by atoms with Crippen LogP contribution in [0.25, 0.3) is 0 Å². The Labute approximate surface area is 142 Å². The lowest BCUT2D eigenvalue weighted by Crippen LogP contribution is -2.36. The highest BCUT2D eigenvalue weighted by atomic mass is 19.1. The van der Waals surface area contributed by atoms with Gasteiger partial charge in [-0.05, 0) is 30.5 Å². The van der Waals surface area contributed by atoms with Crippen LogP contribution >= 0.6 is 0 Å². The third-order valence-electron chi connectivity index (χ3n) is 4.01. The van der Waals surface area contributed by atoms with Crippen molar-refractivity contribution in [1.29, 1.82) is 0 Å². The van der Waals surface area contributed by atoms with Gasteiger partial charge in [-0.25, -0.2) is 4.39 Å². The molecule has 24 heavy (non-hydrogen) atoms. The lowest BCUT2D eigenvalue weighted by atomic mass is 9.99. The van der Waals surface area contributed by atoms with Crippen LogP contribution in [0.4, 0.5) is 4.39 Å². The van der Waals surface area contributed by atoms with Gasteiger partial charge in [-0.1, -0.05) is 31.1 Å². The van der Waals surface area contributed by atoms with E-state index in [0.717, 1.165) is 29.9 Å². The van der Waals surface area contributed by atoms with Crippen molar-refractivity contribution < 1.29 is 8.91 Å². The van der Waals surface area contributed by atoms with Gasteiger partial charge in [0, 0.05) is 25.6 Å². The van der Waals surface area contributed by atoms with Crippen molar-refractivity contribution in [3.63, 3.8) is 0 Å². The number of hydrogen-bond donors (Lipinski definition) is 2. The van der Waals surface area contributed by atoms with Crippen molar-refractivity contribution in [3.05, 3.63) is 53.2 Å². The van der Waals surface area contributed by atoms with Gasteiger partial charge in [-0.3, -0.25) is 4.99 Å². The van der Waals surface area contributed by atoms with Crippen molar-refractivity contribution in [1.82, 2.24) is 15.8 Å². The molecule has 0 atom stereocenters. The Morgan fingerprint density at radius 2 is 1.83 bits per heavy atom. The van der Waals surface area contributed by atoms with Crippen LogP contribution in [-0.4, -0.2) is 18.2 Å². The van der Waals surface area contributed by atoms with E-state index in [1.807, 2.05) is 6.07 Å². The number of aliphatic imine (C=N–C) groups is 1. The first kappa shape index (κ1) is 18.0. The molecule has 5 nitrogen and oxygen atoms in total. The summed E-state index contributed by atoms with van der Waals surface area (Å²) in [6, 6.07) is 8.38. The smallest absolute Gasteiger partial charge is 0.191 e. The maximum Gasteiger partial charge on any atom is 0.191 e. The van der Waals surface area contributed by atoms with Crippen LogP contribution in [0.15, 0.2) is 39.8 Å². The van der Waals surface area contributed by atoms with Crippen LogP contribution in [0.5, 0.6) is 0 Å². The van der Waals surface area contributed by atoms with Crippen LogP contribution in [-0.2, 0) is 13.1 Å². The molecule has 1 aromatic heterocycles. The van der Waals surface area contributed by atoms with Gasteiger partial charge < -0.3 is 15.2 Å². The molecule has 0 spiro atoms. The fraction of sp³-hybridized carbons (Fsp3) is 0.444. The number of aromatic nitrogens is 1. The molecule has 0 saturated heterocycles. The van der Waals surface area contributed by atoms with Gasteiger partial charge in [0.2, 0.25) is 0 Å². The molecule has 130 valence electrons. The topological polar surface area (TPSA) is 62.5 Å². The van der Waals surface area contributed by atoms with Crippen LogP contribution in [0.3, 0.4) is 0 Å². The summed E-state index contributed by atoms with van der Waals surface area (Å²) in [7, 11) is 1.70. The molecular formula is C18H25FN4O. The van der Waals surface area contributed by atoms with Crippen molar-refractivity contribution in [2.75, 3.05) is 7.05 Å². The lowest BCUT2D eigenvalue weighted by molar-refractivity contribution is 0.368. The summed E-state index contributed by atoms with van der Waals surface area (Å²) in [5, 5.41) is 10.5. The molecule has 0 unspecified atom stereocenters. The fourth-order valence-electron chi connectivity index (χ4n) is 2.49. The number of hydrogen-bond acceptors (Lipinski definition) is 3. The van der Waals surface area contributed by atoms with Gasteiger partial charge in [0.25, 0.3) is 0 Å². The van der Waals surface area contributed by atoms with E-state index in [4.69, 9.17) is 4.52 Å². The molecule has 0 aliphatic heterocycles. The molecule has 0 aliphatic rings. The molecule has 0 fully saturated rings.